The number of carbonyl (C=O) groups is 1. The van der Waals surface area contributed by atoms with E-state index in [4.69, 9.17) is 15.3 Å². The van der Waals surface area contributed by atoms with E-state index in [0.717, 1.165) is 4.90 Å². The largest absolute Gasteiger partial charge is 1.00 e. The van der Waals surface area contributed by atoms with Gasteiger partial charge in [-0.15, -0.1) is 0 Å². The maximum absolute atomic E-state index is 9.86. The molecule has 3 N–H and O–H groups in total. The molecule has 0 aliphatic rings. The molecule has 5 nitrogen and oxygen atoms in total. The summed E-state index contributed by atoms with van der Waals surface area (Å²) in [5.74, 6) is -1.07. The first kappa shape index (κ1) is 13.0. The molecule has 0 saturated heterocycles. The Bertz CT molecular complexity index is 100. The molecule has 0 aliphatic heterocycles. The molecule has 0 aromatic rings. The van der Waals surface area contributed by atoms with E-state index in [1.165, 1.54) is 0 Å². The average Bonchev–Trinajstić information content (AvgIpc) is 1.82. The third-order valence-corrected chi connectivity index (χ3v) is 0.759. The summed E-state index contributed by atoms with van der Waals surface area (Å²) in [6, 6.07) is 0. The van der Waals surface area contributed by atoms with Gasteiger partial charge in [-0.25, -0.2) is 4.90 Å². The first-order chi connectivity index (χ1) is 4.20. The van der Waals surface area contributed by atoms with E-state index in [2.05, 4.69) is 0 Å². The molecule has 0 aromatic heterocycles. The van der Waals surface area contributed by atoms with Crippen molar-refractivity contribution in [1.29, 1.82) is 0 Å². The SMILES string of the molecule is O=C(O)CN(CO)CO.[H-].[Na+]. The van der Waals surface area contributed by atoms with Crippen molar-refractivity contribution < 1.29 is 51.1 Å². The minimum atomic E-state index is -1.07. The van der Waals surface area contributed by atoms with Crippen LogP contribution in [0.3, 0.4) is 0 Å². The molecule has 0 aliphatic carbocycles. The van der Waals surface area contributed by atoms with Crippen LogP contribution in [0, 0.1) is 0 Å². The number of rotatable bonds is 4. The number of hydrogen-bond acceptors (Lipinski definition) is 4. The van der Waals surface area contributed by atoms with Crippen LogP contribution in [0.25, 0.3) is 0 Å². The molecule has 0 unspecified atom stereocenters. The molecule has 0 radical (unpaired) electrons. The Balaban J connectivity index is -0.000000320. The molecule has 0 spiro atoms. The topological polar surface area (TPSA) is 81.0 Å². The van der Waals surface area contributed by atoms with Gasteiger partial charge in [-0.3, -0.25) is 4.79 Å². The third kappa shape index (κ3) is 6.47. The predicted molar refractivity (Wildman–Crippen MR) is 29.6 cm³/mol. The van der Waals surface area contributed by atoms with Gasteiger partial charge in [-0.05, 0) is 0 Å². The average molecular weight is 159 g/mol. The monoisotopic (exact) mass is 159 g/mol. The van der Waals surface area contributed by atoms with Crippen LogP contribution in [-0.2, 0) is 4.79 Å². The van der Waals surface area contributed by atoms with Crippen molar-refractivity contribution in [3.05, 3.63) is 0 Å². The van der Waals surface area contributed by atoms with Crippen molar-refractivity contribution in [2.24, 2.45) is 0 Å². The Labute approximate surface area is 82.0 Å². The molecule has 10 heavy (non-hydrogen) atoms. The molecule has 0 amide bonds. The second kappa shape index (κ2) is 7.46. The fourth-order valence-corrected chi connectivity index (χ4v) is 0.336. The summed E-state index contributed by atoms with van der Waals surface area (Å²) >= 11 is 0. The van der Waals surface area contributed by atoms with Crippen molar-refractivity contribution in [3.63, 3.8) is 0 Å². The second-order valence-corrected chi connectivity index (χ2v) is 1.51. The standard InChI is InChI=1S/C4H9NO4.Na.H/c6-2-5(3-7)1-4(8)9;;/h6-7H,1-3H2,(H,8,9);;/q;+1;-1. The van der Waals surface area contributed by atoms with Crippen LogP contribution >= 0.6 is 0 Å². The van der Waals surface area contributed by atoms with Crippen LogP contribution in [0.2, 0.25) is 0 Å². The van der Waals surface area contributed by atoms with Gasteiger partial charge < -0.3 is 16.7 Å². The van der Waals surface area contributed by atoms with Crippen molar-refractivity contribution in [2.45, 2.75) is 0 Å². The van der Waals surface area contributed by atoms with Crippen molar-refractivity contribution in [3.8, 4) is 0 Å². The molecule has 6 heteroatoms. The van der Waals surface area contributed by atoms with Crippen LogP contribution in [-0.4, -0.2) is 46.2 Å². The van der Waals surface area contributed by atoms with E-state index in [-0.39, 0.29) is 37.5 Å². The molecule has 0 rings (SSSR count). The van der Waals surface area contributed by atoms with E-state index >= 15 is 0 Å². The van der Waals surface area contributed by atoms with E-state index in [1.807, 2.05) is 0 Å². The van der Waals surface area contributed by atoms with E-state index in [1.54, 1.807) is 0 Å². The predicted octanol–water partition coefficient (Wildman–Crippen LogP) is -4.61. The Morgan fingerprint density at radius 1 is 1.40 bits per heavy atom. The van der Waals surface area contributed by atoms with Crippen LogP contribution in [0.1, 0.15) is 1.43 Å². The summed E-state index contributed by atoms with van der Waals surface area (Å²) in [4.78, 5) is 10.8. The third-order valence-electron chi connectivity index (χ3n) is 0.759. The zero-order valence-corrected chi connectivity index (χ0v) is 7.82. The fourth-order valence-electron chi connectivity index (χ4n) is 0.336. The summed E-state index contributed by atoms with van der Waals surface area (Å²) in [7, 11) is 0. The normalized spacial score (nSPS) is 9.10. The summed E-state index contributed by atoms with van der Waals surface area (Å²) in [6.07, 6.45) is 0. The Morgan fingerprint density at radius 2 is 1.80 bits per heavy atom. The Hall–Kier alpha value is 0.350. The molecule has 0 fully saturated rings. The minimum absolute atomic E-state index is 0. The van der Waals surface area contributed by atoms with E-state index in [0.29, 0.717) is 0 Å². The number of carboxylic acid groups (broad SMARTS) is 1. The van der Waals surface area contributed by atoms with Gasteiger partial charge in [0.05, 0.1) is 13.5 Å². The van der Waals surface area contributed by atoms with Crippen LogP contribution in [0.15, 0.2) is 0 Å². The fraction of sp³-hybridized carbons (Fsp3) is 0.750. The summed E-state index contributed by atoms with van der Waals surface area (Å²) < 4.78 is 0. The quantitative estimate of drug-likeness (QED) is 0.284. The maximum Gasteiger partial charge on any atom is 1.00 e. The zero-order chi connectivity index (χ0) is 7.28. The first-order valence-electron chi connectivity index (χ1n) is 2.36. The number of nitrogens with zero attached hydrogens (tertiary/aromatic N) is 1. The summed E-state index contributed by atoms with van der Waals surface area (Å²) in [6.45, 7) is -1.22. The molecular weight excluding hydrogens is 149 g/mol. The van der Waals surface area contributed by atoms with Gasteiger partial charge in [0, 0.05) is 0 Å². The number of hydrogen-bond donors (Lipinski definition) is 3. The minimum Gasteiger partial charge on any atom is -1.00 e. The van der Waals surface area contributed by atoms with Gasteiger partial charge in [0.2, 0.25) is 0 Å². The Kier molecular flexibility index (Phi) is 9.68. The van der Waals surface area contributed by atoms with Crippen molar-refractivity contribution >= 4 is 5.97 Å². The van der Waals surface area contributed by atoms with E-state index in [9.17, 15) is 4.79 Å². The number of carboxylic acids is 1. The van der Waals surface area contributed by atoms with Gasteiger partial charge in [0.1, 0.15) is 6.54 Å². The molecule has 0 saturated carbocycles. The van der Waals surface area contributed by atoms with Crippen LogP contribution in [0.5, 0.6) is 0 Å². The van der Waals surface area contributed by atoms with Gasteiger partial charge in [-0.1, -0.05) is 0 Å². The van der Waals surface area contributed by atoms with Crippen molar-refractivity contribution in [2.75, 3.05) is 20.0 Å². The maximum atomic E-state index is 9.86. The smallest absolute Gasteiger partial charge is 1.00 e. The Morgan fingerprint density at radius 3 is 1.90 bits per heavy atom. The van der Waals surface area contributed by atoms with Gasteiger partial charge in [0.25, 0.3) is 0 Å². The van der Waals surface area contributed by atoms with Gasteiger partial charge in [0.15, 0.2) is 0 Å². The molecule has 0 aromatic carbocycles. The molecule has 0 bridgehead atoms. The summed E-state index contributed by atoms with van der Waals surface area (Å²) in [5.41, 5.74) is 0. The number of aliphatic hydroxyl groups is 2. The van der Waals surface area contributed by atoms with Gasteiger partial charge >= 0.3 is 35.5 Å². The summed E-state index contributed by atoms with van der Waals surface area (Å²) in [5, 5.41) is 24.6. The van der Waals surface area contributed by atoms with E-state index < -0.39 is 19.4 Å². The number of aliphatic carboxylic acids is 1. The molecular formula is C4H10NNaO4. The molecule has 0 atom stereocenters. The van der Waals surface area contributed by atoms with Crippen LogP contribution in [0.4, 0.5) is 0 Å². The molecule has 56 valence electrons. The zero-order valence-electron chi connectivity index (χ0n) is 6.82. The van der Waals surface area contributed by atoms with Crippen molar-refractivity contribution in [1.82, 2.24) is 4.90 Å². The second-order valence-electron chi connectivity index (χ2n) is 1.51. The first-order valence-corrected chi connectivity index (χ1v) is 2.36. The van der Waals surface area contributed by atoms with Gasteiger partial charge in [-0.2, -0.15) is 0 Å². The van der Waals surface area contributed by atoms with Crippen LogP contribution < -0.4 is 29.6 Å². The number of aliphatic hydroxyl groups excluding tert-OH is 2. The molecule has 0 heterocycles.